The number of benzene rings is 2. The van der Waals surface area contributed by atoms with Gasteiger partial charge in [-0.15, -0.1) is 0 Å². The van der Waals surface area contributed by atoms with Crippen molar-refractivity contribution in [2.75, 3.05) is 26.4 Å². The fourth-order valence-electron chi connectivity index (χ4n) is 5.20. The number of amides is 2. The van der Waals surface area contributed by atoms with Crippen LogP contribution in [0.5, 0.6) is 0 Å². The van der Waals surface area contributed by atoms with Gasteiger partial charge in [-0.3, -0.25) is 9.59 Å². The Balaban J connectivity index is 1.17. The van der Waals surface area contributed by atoms with Crippen LogP contribution in [0.4, 0.5) is 4.79 Å². The number of carboxylic acids is 1. The molecule has 2 amide bonds. The Bertz CT molecular complexity index is 1070. The third-order valence-electron chi connectivity index (χ3n) is 7.43. The van der Waals surface area contributed by atoms with E-state index in [0.29, 0.717) is 12.8 Å². The smallest absolute Gasteiger partial charge is 0.407 e. The molecule has 3 aliphatic rings. The van der Waals surface area contributed by atoms with Gasteiger partial charge in [0.05, 0.1) is 30.6 Å². The maximum atomic E-state index is 12.7. The summed E-state index contributed by atoms with van der Waals surface area (Å²) in [4.78, 5) is 36.9. The summed E-state index contributed by atoms with van der Waals surface area (Å²) in [6.07, 6.45) is 1.37. The third kappa shape index (κ3) is 4.03. The second-order valence-electron chi connectivity index (χ2n) is 9.38. The second-order valence-corrected chi connectivity index (χ2v) is 9.38. The highest BCUT2D eigenvalue weighted by atomic mass is 16.5. The average Bonchev–Trinajstić information content (AvgIpc) is 3.39. The molecule has 2 fully saturated rings. The molecule has 34 heavy (non-hydrogen) atoms. The molecule has 2 aromatic carbocycles. The van der Waals surface area contributed by atoms with Crippen LogP contribution < -0.4 is 10.6 Å². The summed E-state index contributed by atoms with van der Waals surface area (Å²) in [5, 5.41) is 15.0. The van der Waals surface area contributed by atoms with Gasteiger partial charge in [-0.2, -0.15) is 0 Å². The second kappa shape index (κ2) is 9.10. The molecule has 1 heterocycles. The minimum Gasteiger partial charge on any atom is -0.481 e. The normalized spacial score (nSPS) is 22.2. The largest absolute Gasteiger partial charge is 0.481 e. The van der Waals surface area contributed by atoms with Gasteiger partial charge in [0.15, 0.2) is 0 Å². The molecular formula is C26H28N2O6. The number of carbonyl (C=O) groups excluding carboxylic acids is 2. The van der Waals surface area contributed by atoms with Crippen LogP contribution in [0, 0.1) is 11.3 Å². The number of carboxylic acid groups (broad SMARTS) is 1. The fraction of sp³-hybridized carbons (Fsp3) is 0.423. The standard InChI is InChI=1S/C26H28N2O6/c29-23(27-15-26(24(30)31)10-5-11-26)21-12-33-14-22(21)28-25(32)34-13-20-18-8-3-1-6-16(18)17-7-2-4-9-19(17)20/h1-4,6-9,20-22H,5,10-15H2,(H,27,29)(H,28,32)(H,30,31). The minimum atomic E-state index is -0.880. The van der Waals surface area contributed by atoms with Crippen LogP contribution in [0.3, 0.4) is 0 Å². The topological polar surface area (TPSA) is 114 Å². The number of rotatable bonds is 7. The summed E-state index contributed by atoms with van der Waals surface area (Å²) >= 11 is 0. The molecule has 2 atom stereocenters. The Morgan fingerprint density at radius 2 is 1.65 bits per heavy atom. The van der Waals surface area contributed by atoms with Gasteiger partial charge < -0.3 is 25.2 Å². The first-order valence-corrected chi connectivity index (χ1v) is 11.7. The number of ether oxygens (including phenoxy) is 2. The van der Waals surface area contributed by atoms with Gasteiger partial charge in [-0.1, -0.05) is 55.0 Å². The monoisotopic (exact) mass is 464 g/mol. The third-order valence-corrected chi connectivity index (χ3v) is 7.43. The highest BCUT2D eigenvalue weighted by Gasteiger charge is 2.45. The molecule has 2 aliphatic carbocycles. The van der Waals surface area contributed by atoms with E-state index in [9.17, 15) is 19.5 Å². The molecule has 2 unspecified atom stereocenters. The highest BCUT2D eigenvalue weighted by Crippen LogP contribution is 2.44. The summed E-state index contributed by atoms with van der Waals surface area (Å²) in [6.45, 7) is 0.646. The number of fused-ring (bicyclic) bond motifs is 3. The Morgan fingerprint density at radius 3 is 2.24 bits per heavy atom. The van der Waals surface area contributed by atoms with Crippen molar-refractivity contribution in [3.05, 3.63) is 59.7 Å². The van der Waals surface area contributed by atoms with E-state index in [-0.39, 0.29) is 38.2 Å². The first-order chi connectivity index (χ1) is 16.5. The lowest BCUT2D eigenvalue weighted by molar-refractivity contribution is -0.154. The van der Waals surface area contributed by atoms with Crippen LogP contribution in [-0.2, 0) is 19.1 Å². The van der Waals surface area contributed by atoms with Crippen LogP contribution in [-0.4, -0.2) is 55.5 Å². The van der Waals surface area contributed by atoms with E-state index in [1.54, 1.807) is 0 Å². The Morgan fingerprint density at radius 1 is 1.00 bits per heavy atom. The first-order valence-electron chi connectivity index (χ1n) is 11.7. The van der Waals surface area contributed by atoms with Crippen molar-refractivity contribution in [3.8, 4) is 11.1 Å². The number of nitrogens with one attached hydrogen (secondary N) is 2. The van der Waals surface area contributed by atoms with Gasteiger partial charge in [-0.25, -0.2) is 4.79 Å². The van der Waals surface area contributed by atoms with Crippen molar-refractivity contribution >= 4 is 18.0 Å². The molecule has 1 saturated carbocycles. The lowest BCUT2D eigenvalue weighted by Gasteiger charge is -2.37. The van der Waals surface area contributed by atoms with Crippen molar-refractivity contribution in [2.24, 2.45) is 11.3 Å². The van der Waals surface area contributed by atoms with E-state index >= 15 is 0 Å². The van der Waals surface area contributed by atoms with Crippen molar-refractivity contribution in [1.29, 1.82) is 0 Å². The molecule has 178 valence electrons. The van der Waals surface area contributed by atoms with Crippen molar-refractivity contribution in [3.63, 3.8) is 0 Å². The zero-order valence-corrected chi connectivity index (χ0v) is 18.8. The predicted molar refractivity (Wildman–Crippen MR) is 123 cm³/mol. The minimum absolute atomic E-state index is 0.0493. The fourth-order valence-corrected chi connectivity index (χ4v) is 5.20. The maximum absolute atomic E-state index is 12.7. The Hall–Kier alpha value is -3.39. The number of hydrogen-bond donors (Lipinski definition) is 3. The zero-order valence-electron chi connectivity index (χ0n) is 18.8. The number of hydrogen-bond acceptors (Lipinski definition) is 5. The van der Waals surface area contributed by atoms with Crippen molar-refractivity contribution in [2.45, 2.75) is 31.2 Å². The summed E-state index contributed by atoms with van der Waals surface area (Å²) in [6, 6.07) is 15.7. The molecule has 8 nitrogen and oxygen atoms in total. The molecule has 2 aromatic rings. The molecule has 0 bridgehead atoms. The molecule has 1 saturated heterocycles. The van der Waals surface area contributed by atoms with Gasteiger partial charge in [0.1, 0.15) is 6.61 Å². The number of carbonyl (C=O) groups is 3. The van der Waals surface area contributed by atoms with Crippen LogP contribution >= 0.6 is 0 Å². The van der Waals surface area contributed by atoms with Gasteiger partial charge in [0.2, 0.25) is 5.91 Å². The van der Waals surface area contributed by atoms with Gasteiger partial charge >= 0.3 is 12.1 Å². The molecule has 0 aromatic heterocycles. The van der Waals surface area contributed by atoms with Crippen molar-refractivity contribution < 1.29 is 29.0 Å². The molecule has 0 spiro atoms. The molecular weight excluding hydrogens is 436 g/mol. The average molecular weight is 465 g/mol. The Labute approximate surface area is 197 Å². The van der Waals surface area contributed by atoms with E-state index < -0.39 is 29.4 Å². The molecule has 1 aliphatic heterocycles. The lowest BCUT2D eigenvalue weighted by atomic mass is 9.68. The molecule has 5 rings (SSSR count). The lowest BCUT2D eigenvalue weighted by Crippen LogP contribution is -2.51. The van der Waals surface area contributed by atoms with Crippen LogP contribution in [0.1, 0.15) is 36.3 Å². The molecule has 3 N–H and O–H groups in total. The van der Waals surface area contributed by atoms with Crippen LogP contribution in [0.2, 0.25) is 0 Å². The van der Waals surface area contributed by atoms with E-state index in [0.717, 1.165) is 28.7 Å². The van der Waals surface area contributed by atoms with Crippen molar-refractivity contribution in [1.82, 2.24) is 10.6 Å². The van der Waals surface area contributed by atoms with E-state index in [1.165, 1.54) is 0 Å². The molecule has 0 radical (unpaired) electrons. The number of aliphatic carboxylic acids is 1. The maximum Gasteiger partial charge on any atom is 0.407 e. The quantitative estimate of drug-likeness (QED) is 0.581. The van der Waals surface area contributed by atoms with Gasteiger partial charge in [0.25, 0.3) is 0 Å². The summed E-state index contributed by atoms with van der Waals surface area (Å²) in [5.41, 5.74) is 3.69. The first kappa shape index (κ1) is 22.4. The summed E-state index contributed by atoms with van der Waals surface area (Å²) in [7, 11) is 0. The SMILES string of the molecule is O=C(NC1COCC1C(=O)NCC1(C(=O)O)CCC1)OCC1c2ccccc2-c2ccccc21. The van der Waals surface area contributed by atoms with Gasteiger partial charge in [0, 0.05) is 12.5 Å². The summed E-state index contributed by atoms with van der Waals surface area (Å²) < 4.78 is 11.0. The van der Waals surface area contributed by atoms with Gasteiger partial charge in [-0.05, 0) is 35.1 Å². The van der Waals surface area contributed by atoms with Crippen LogP contribution in [0.15, 0.2) is 48.5 Å². The Kier molecular flexibility index (Phi) is 6.00. The predicted octanol–water partition coefficient (Wildman–Crippen LogP) is 2.91. The van der Waals surface area contributed by atoms with E-state index in [4.69, 9.17) is 9.47 Å². The summed E-state index contributed by atoms with van der Waals surface area (Å²) in [5.74, 6) is -1.83. The van der Waals surface area contributed by atoms with E-state index in [2.05, 4.69) is 34.9 Å². The van der Waals surface area contributed by atoms with Crippen LogP contribution in [0.25, 0.3) is 11.1 Å². The number of alkyl carbamates (subject to hydrolysis) is 1. The molecule has 8 heteroatoms. The van der Waals surface area contributed by atoms with E-state index in [1.807, 2.05) is 24.3 Å². The zero-order chi connectivity index (χ0) is 23.7. The highest BCUT2D eigenvalue weighted by molar-refractivity contribution is 5.83.